The lowest BCUT2D eigenvalue weighted by molar-refractivity contribution is -0.118. The van der Waals surface area contributed by atoms with Crippen LogP contribution in [0.1, 0.15) is 12.8 Å². The van der Waals surface area contributed by atoms with Gasteiger partial charge < -0.3 is 15.4 Å². The van der Waals surface area contributed by atoms with Gasteiger partial charge in [0.15, 0.2) is 6.61 Å². The van der Waals surface area contributed by atoms with Crippen LogP contribution in [0, 0.1) is 0 Å². The van der Waals surface area contributed by atoms with Gasteiger partial charge in [0.1, 0.15) is 5.75 Å². The molecular formula is C13H15ClN2O3S. The van der Waals surface area contributed by atoms with E-state index >= 15 is 0 Å². The fourth-order valence-corrected chi connectivity index (χ4v) is 3.89. The zero-order chi connectivity index (χ0) is 14.1. The number of hydrogen-bond donors (Lipinski definition) is 2. The third-order valence-electron chi connectivity index (χ3n) is 3.45. The van der Waals surface area contributed by atoms with Crippen molar-refractivity contribution in [3.63, 3.8) is 0 Å². The minimum Gasteiger partial charge on any atom is -0.482 e. The molecule has 5 nitrogen and oxygen atoms in total. The molecule has 20 heavy (non-hydrogen) atoms. The van der Waals surface area contributed by atoms with Gasteiger partial charge in [0, 0.05) is 34.4 Å². The van der Waals surface area contributed by atoms with E-state index in [1.165, 1.54) is 0 Å². The maximum absolute atomic E-state index is 11.3. The highest BCUT2D eigenvalue weighted by molar-refractivity contribution is 7.85. The van der Waals surface area contributed by atoms with Crippen LogP contribution in [0.15, 0.2) is 12.1 Å². The van der Waals surface area contributed by atoms with Gasteiger partial charge in [-0.1, -0.05) is 11.6 Å². The van der Waals surface area contributed by atoms with Gasteiger partial charge in [-0.05, 0) is 18.9 Å². The quantitative estimate of drug-likeness (QED) is 0.876. The summed E-state index contributed by atoms with van der Waals surface area (Å²) < 4.78 is 16.7. The largest absolute Gasteiger partial charge is 0.482 e. The average molecular weight is 315 g/mol. The Morgan fingerprint density at radius 1 is 1.35 bits per heavy atom. The zero-order valence-corrected chi connectivity index (χ0v) is 12.4. The Hall–Kier alpha value is -1.27. The maximum Gasteiger partial charge on any atom is 0.262 e. The molecular weight excluding hydrogens is 300 g/mol. The van der Waals surface area contributed by atoms with Gasteiger partial charge in [-0.2, -0.15) is 0 Å². The van der Waals surface area contributed by atoms with Crippen LogP contribution in [-0.2, 0) is 15.6 Å². The molecule has 0 aromatic heterocycles. The van der Waals surface area contributed by atoms with Crippen LogP contribution in [0.3, 0.4) is 0 Å². The Morgan fingerprint density at radius 3 is 2.85 bits per heavy atom. The molecule has 0 unspecified atom stereocenters. The molecule has 2 aliphatic rings. The first-order chi connectivity index (χ1) is 9.61. The number of ether oxygens (including phenoxy) is 1. The first kappa shape index (κ1) is 13.7. The predicted molar refractivity (Wildman–Crippen MR) is 80.1 cm³/mol. The van der Waals surface area contributed by atoms with Crippen molar-refractivity contribution in [1.29, 1.82) is 0 Å². The molecule has 0 radical (unpaired) electrons. The molecule has 0 atom stereocenters. The number of amides is 1. The highest BCUT2D eigenvalue weighted by Gasteiger charge is 2.21. The van der Waals surface area contributed by atoms with Crippen LogP contribution in [0.2, 0.25) is 5.02 Å². The summed E-state index contributed by atoms with van der Waals surface area (Å²) in [6.07, 6.45) is 1.75. The lowest BCUT2D eigenvalue weighted by atomic mass is 10.1. The van der Waals surface area contributed by atoms with Crippen LogP contribution >= 0.6 is 11.6 Å². The number of rotatable bonds is 2. The SMILES string of the molecule is O=C1COc2cc(NC3CCS(=O)CC3)c(Cl)cc2N1. The third-order valence-corrected chi connectivity index (χ3v) is 5.14. The Kier molecular flexibility index (Phi) is 3.85. The smallest absolute Gasteiger partial charge is 0.262 e. The molecule has 2 N–H and O–H groups in total. The van der Waals surface area contributed by atoms with Crippen LogP contribution in [0.5, 0.6) is 5.75 Å². The van der Waals surface area contributed by atoms with Gasteiger partial charge in [0.25, 0.3) is 5.91 Å². The van der Waals surface area contributed by atoms with Crippen molar-refractivity contribution in [2.45, 2.75) is 18.9 Å². The van der Waals surface area contributed by atoms with Crippen molar-refractivity contribution in [1.82, 2.24) is 0 Å². The van der Waals surface area contributed by atoms with Crippen LogP contribution in [0.4, 0.5) is 11.4 Å². The van der Waals surface area contributed by atoms with Gasteiger partial charge in [0.2, 0.25) is 0 Å². The molecule has 1 aromatic rings. The van der Waals surface area contributed by atoms with Gasteiger partial charge in [-0.3, -0.25) is 9.00 Å². The maximum atomic E-state index is 11.3. The van der Waals surface area contributed by atoms with Crippen molar-refractivity contribution in [3.8, 4) is 5.75 Å². The van der Waals surface area contributed by atoms with E-state index in [4.69, 9.17) is 16.3 Å². The summed E-state index contributed by atoms with van der Waals surface area (Å²) in [5.41, 5.74) is 1.39. The van der Waals surface area contributed by atoms with E-state index < -0.39 is 10.8 Å². The number of hydrogen-bond acceptors (Lipinski definition) is 4. The fraction of sp³-hybridized carbons (Fsp3) is 0.462. The fourth-order valence-electron chi connectivity index (χ4n) is 2.37. The molecule has 0 bridgehead atoms. The van der Waals surface area contributed by atoms with Crippen molar-refractivity contribution in [3.05, 3.63) is 17.2 Å². The Bertz CT molecular complexity index is 569. The molecule has 108 valence electrons. The lowest BCUT2D eigenvalue weighted by Crippen LogP contribution is -2.30. The summed E-state index contributed by atoms with van der Waals surface area (Å²) in [6.45, 7) is 0.0243. The van der Waals surface area contributed by atoms with Crippen molar-refractivity contribution in [2.24, 2.45) is 0 Å². The second-order valence-corrected chi connectivity index (χ2v) is 7.04. The summed E-state index contributed by atoms with van der Waals surface area (Å²) in [4.78, 5) is 11.2. The predicted octanol–water partition coefficient (Wildman–Crippen LogP) is 1.99. The molecule has 1 fully saturated rings. The molecule has 2 aliphatic heterocycles. The lowest BCUT2D eigenvalue weighted by Gasteiger charge is -2.25. The average Bonchev–Trinajstić information content (AvgIpc) is 2.42. The summed E-state index contributed by atoms with van der Waals surface area (Å²) in [5, 5.41) is 6.64. The summed E-state index contributed by atoms with van der Waals surface area (Å²) in [7, 11) is -0.675. The molecule has 1 aromatic carbocycles. The monoisotopic (exact) mass is 314 g/mol. The van der Waals surface area contributed by atoms with Gasteiger partial charge >= 0.3 is 0 Å². The first-order valence-electron chi connectivity index (χ1n) is 6.49. The highest BCUT2D eigenvalue weighted by Crippen LogP contribution is 2.37. The number of carbonyl (C=O) groups is 1. The topological polar surface area (TPSA) is 67.4 Å². The van der Waals surface area contributed by atoms with E-state index in [9.17, 15) is 9.00 Å². The number of fused-ring (bicyclic) bond motifs is 1. The summed E-state index contributed by atoms with van der Waals surface area (Å²) in [6, 6.07) is 3.78. The third kappa shape index (κ3) is 2.91. The highest BCUT2D eigenvalue weighted by atomic mass is 35.5. The Morgan fingerprint density at radius 2 is 2.10 bits per heavy atom. The van der Waals surface area contributed by atoms with E-state index in [0.29, 0.717) is 16.5 Å². The molecule has 7 heteroatoms. The van der Waals surface area contributed by atoms with Crippen molar-refractivity contribution in [2.75, 3.05) is 28.7 Å². The van der Waals surface area contributed by atoms with Crippen LogP contribution in [-0.4, -0.2) is 34.3 Å². The van der Waals surface area contributed by atoms with E-state index in [1.807, 2.05) is 6.07 Å². The minimum atomic E-state index is -0.675. The van der Waals surface area contributed by atoms with Crippen LogP contribution < -0.4 is 15.4 Å². The number of nitrogens with one attached hydrogen (secondary N) is 2. The molecule has 0 aliphatic carbocycles. The van der Waals surface area contributed by atoms with E-state index in [0.717, 1.165) is 30.0 Å². The van der Waals surface area contributed by atoms with Crippen molar-refractivity contribution < 1.29 is 13.7 Å². The summed E-state index contributed by atoms with van der Waals surface area (Å²) in [5.74, 6) is 1.90. The van der Waals surface area contributed by atoms with Crippen molar-refractivity contribution >= 4 is 39.7 Å². The molecule has 1 saturated heterocycles. The van der Waals surface area contributed by atoms with E-state index in [2.05, 4.69) is 10.6 Å². The van der Waals surface area contributed by atoms with Crippen LogP contribution in [0.25, 0.3) is 0 Å². The Balaban J connectivity index is 1.77. The zero-order valence-electron chi connectivity index (χ0n) is 10.8. The van der Waals surface area contributed by atoms with Gasteiger partial charge in [-0.15, -0.1) is 0 Å². The number of halogens is 1. The second-order valence-electron chi connectivity index (χ2n) is 4.93. The Labute approximate surface area is 124 Å². The number of carbonyl (C=O) groups excluding carboxylic acids is 1. The molecule has 3 rings (SSSR count). The second kappa shape index (κ2) is 5.61. The molecule has 1 amide bonds. The number of anilines is 2. The molecule has 0 spiro atoms. The minimum absolute atomic E-state index is 0.0243. The van der Waals surface area contributed by atoms with E-state index in [-0.39, 0.29) is 18.6 Å². The van der Waals surface area contributed by atoms with E-state index in [1.54, 1.807) is 6.07 Å². The number of benzene rings is 1. The summed E-state index contributed by atoms with van der Waals surface area (Å²) >= 11 is 6.23. The van der Waals surface area contributed by atoms with Gasteiger partial charge in [-0.25, -0.2) is 0 Å². The molecule has 0 saturated carbocycles. The first-order valence-corrected chi connectivity index (χ1v) is 8.36. The van der Waals surface area contributed by atoms with Gasteiger partial charge in [0.05, 0.1) is 16.4 Å². The normalized spacial score (nSPS) is 25.4. The molecule has 2 heterocycles. The standard InChI is InChI=1S/C13H15ClN2O3S/c14-9-5-11-12(19-7-13(17)16-11)6-10(9)15-8-1-3-20(18)4-2-8/h5-6,8,15H,1-4,7H2,(H,16,17).